The van der Waals surface area contributed by atoms with E-state index < -0.39 is 17.8 Å². The molecule has 3 aromatic rings. The molecule has 0 saturated carbocycles. The molecule has 4 rings (SSSR count). The molecule has 2 heterocycles. The Bertz CT molecular complexity index is 1020. The Balaban J connectivity index is 1.47. The van der Waals surface area contributed by atoms with Gasteiger partial charge in [-0.25, -0.2) is 4.79 Å². The molecule has 0 aliphatic carbocycles. The SMILES string of the molecule is O=C(ON1C(=O)c2ccccc2C1=O)c1ccc(Sc2ccc(Cl)cc2)o1. The maximum atomic E-state index is 12.3. The monoisotopic (exact) mass is 399 g/mol. The van der Waals surface area contributed by atoms with E-state index in [0.29, 0.717) is 15.2 Å². The van der Waals surface area contributed by atoms with Gasteiger partial charge in [-0.3, -0.25) is 9.59 Å². The van der Waals surface area contributed by atoms with Gasteiger partial charge in [0, 0.05) is 9.92 Å². The van der Waals surface area contributed by atoms with Crippen molar-refractivity contribution in [3.05, 3.63) is 82.6 Å². The molecule has 0 fully saturated rings. The summed E-state index contributed by atoms with van der Waals surface area (Å²) >= 11 is 7.13. The minimum absolute atomic E-state index is 0.122. The third-order valence-corrected chi connectivity index (χ3v) is 4.93. The summed E-state index contributed by atoms with van der Waals surface area (Å²) in [6.07, 6.45) is 0. The van der Waals surface area contributed by atoms with Gasteiger partial charge in [0.2, 0.25) is 5.76 Å². The molecule has 8 heteroatoms. The van der Waals surface area contributed by atoms with Crippen LogP contribution in [0.5, 0.6) is 0 Å². The zero-order valence-corrected chi connectivity index (χ0v) is 15.1. The van der Waals surface area contributed by atoms with Gasteiger partial charge in [-0.2, -0.15) is 0 Å². The third kappa shape index (κ3) is 3.34. The van der Waals surface area contributed by atoms with Gasteiger partial charge in [0.1, 0.15) is 0 Å². The number of furan rings is 1. The van der Waals surface area contributed by atoms with Crippen molar-refractivity contribution in [1.29, 1.82) is 0 Å². The summed E-state index contributed by atoms with van der Waals surface area (Å²) in [6.45, 7) is 0. The number of hydrogen-bond donors (Lipinski definition) is 0. The van der Waals surface area contributed by atoms with Crippen LogP contribution >= 0.6 is 23.4 Å². The predicted molar refractivity (Wildman–Crippen MR) is 96.6 cm³/mol. The molecule has 0 unspecified atom stereocenters. The topological polar surface area (TPSA) is 76.8 Å². The van der Waals surface area contributed by atoms with Crippen LogP contribution in [0.15, 0.2) is 75.1 Å². The van der Waals surface area contributed by atoms with Crippen LogP contribution in [-0.4, -0.2) is 22.8 Å². The summed E-state index contributed by atoms with van der Waals surface area (Å²) in [5.41, 5.74) is 0.377. The summed E-state index contributed by atoms with van der Waals surface area (Å²) in [7, 11) is 0. The molecule has 0 saturated heterocycles. The first-order valence-corrected chi connectivity index (χ1v) is 8.96. The molecule has 2 aromatic carbocycles. The van der Waals surface area contributed by atoms with Crippen molar-refractivity contribution in [2.75, 3.05) is 0 Å². The number of benzene rings is 2. The molecule has 27 heavy (non-hydrogen) atoms. The molecule has 0 radical (unpaired) electrons. The molecule has 0 spiro atoms. The van der Waals surface area contributed by atoms with Crippen LogP contribution in [0.3, 0.4) is 0 Å². The number of carbonyl (C=O) groups is 3. The molecular weight excluding hydrogens is 390 g/mol. The molecule has 1 aromatic heterocycles. The fraction of sp³-hybridized carbons (Fsp3) is 0. The maximum absolute atomic E-state index is 12.3. The van der Waals surface area contributed by atoms with Crippen molar-refractivity contribution in [2.24, 2.45) is 0 Å². The van der Waals surface area contributed by atoms with Gasteiger partial charge in [0.05, 0.1) is 11.1 Å². The normalized spacial score (nSPS) is 13.0. The fourth-order valence-corrected chi connectivity index (χ4v) is 3.38. The first kappa shape index (κ1) is 17.4. The van der Waals surface area contributed by atoms with Gasteiger partial charge in [-0.1, -0.05) is 40.6 Å². The second-order valence-corrected chi connectivity index (χ2v) is 7.02. The molecule has 2 amide bonds. The summed E-state index contributed by atoms with van der Waals surface area (Å²) in [5, 5.41) is 1.51. The van der Waals surface area contributed by atoms with E-state index in [0.717, 1.165) is 4.90 Å². The molecular formula is C19H10ClNO5S. The predicted octanol–water partition coefficient (Wildman–Crippen LogP) is 4.45. The maximum Gasteiger partial charge on any atom is 0.399 e. The molecule has 0 atom stereocenters. The zero-order chi connectivity index (χ0) is 19.0. The first-order valence-electron chi connectivity index (χ1n) is 7.76. The number of hydroxylamine groups is 2. The number of hydrogen-bond acceptors (Lipinski definition) is 6. The van der Waals surface area contributed by atoms with Gasteiger partial charge in [0.25, 0.3) is 11.8 Å². The van der Waals surface area contributed by atoms with E-state index >= 15 is 0 Å². The zero-order valence-electron chi connectivity index (χ0n) is 13.5. The fourth-order valence-electron chi connectivity index (χ4n) is 2.48. The van der Waals surface area contributed by atoms with Crippen molar-refractivity contribution in [3.63, 3.8) is 0 Å². The van der Waals surface area contributed by atoms with E-state index in [1.807, 2.05) is 12.1 Å². The highest BCUT2D eigenvalue weighted by Crippen LogP contribution is 2.30. The van der Waals surface area contributed by atoms with Gasteiger partial charge < -0.3 is 9.25 Å². The molecule has 0 N–H and O–H groups in total. The summed E-state index contributed by atoms with van der Waals surface area (Å²) in [6, 6.07) is 16.4. The number of fused-ring (bicyclic) bond motifs is 1. The Labute approximate surface area is 162 Å². The van der Waals surface area contributed by atoms with Crippen LogP contribution < -0.4 is 0 Å². The lowest BCUT2D eigenvalue weighted by Gasteiger charge is -2.11. The van der Waals surface area contributed by atoms with Gasteiger partial charge in [-0.15, -0.1) is 0 Å². The van der Waals surface area contributed by atoms with Crippen LogP contribution in [0.2, 0.25) is 5.02 Å². The van der Waals surface area contributed by atoms with Crippen molar-refractivity contribution in [3.8, 4) is 0 Å². The third-order valence-electron chi connectivity index (χ3n) is 3.75. The molecule has 0 bridgehead atoms. The molecule has 134 valence electrons. The standard InChI is InChI=1S/C19H10ClNO5S/c20-11-5-7-12(8-6-11)27-16-10-9-15(25-16)19(24)26-21-17(22)13-3-1-2-4-14(13)18(21)23/h1-10H. The smallest absolute Gasteiger partial charge is 0.399 e. The minimum Gasteiger partial charge on any atom is -0.442 e. The van der Waals surface area contributed by atoms with Crippen molar-refractivity contribution in [1.82, 2.24) is 5.06 Å². The van der Waals surface area contributed by atoms with Crippen molar-refractivity contribution in [2.45, 2.75) is 9.99 Å². The van der Waals surface area contributed by atoms with Crippen molar-refractivity contribution >= 4 is 41.1 Å². The second kappa shape index (κ2) is 6.94. The van der Waals surface area contributed by atoms with Gasteiger partial charge >= 0.3 is 5.97 Å². The van der Waals surface area contributed by atoms with Crippen LogP contribution in [0.25, 0.3) is 0 Å². The number of nitrogens with zero attached hydrogens (tertiary/aromatic N) is 1. The van der Waals surface area contributed by atoms with Crippen molar-refractivity contribution < 1.29 is 23.6 Å². The van der Waals surface area contributed by atoms with E-state index in [4.69, 9.17) is 20.9 Å². The van der Waals surface area contributed by atoms with E-state index in [1.165, 1.54) is 30.0 Å². The Morgan fingerprint density at radius 2 is 1.56 bits per heavy atom. The molecule has 6 nitrogen and oxygen atoms in total. The minimum atomic E-state index is -0.938. The Morgan fingerprint density at radius 3 is 2.19 bits per heavy atom. The molecule has 1 aliphatic heterocycles. The average Bonchev–Trinajstić information content (AvgIpc) is 3.23. The average molecular weight is 400 g/mol. The Hall–Kier alpha value is -3.03. The number of carbonyl (C=O) groups excluding carboxylic acids is 3. The lowest BCUT2D eigenvalue weighted by molar-refractivity contribution is -0.0605. The van der Waals surface area contributed by atoms with Crippen LogP contribution in [0.1, 0.15) is 31.3 Å². The van der Waals surface area contributed by atoms with E-state index in [-0.39, 0.29) is 16.9 Å². The van der Waals surface area contributed by atoms with Crippen LogP contribution in [0.4, 0.5) is 0 Å². The van der Waals surface area contributed by atoms with Gasteiger partial charge in [0.15, 0.2) is 5.09 Å². The lowest BCUT2D eigenvalue weighted by atomic mass is 10.1. The van der Waals surface area contributed by atoms with Gasteiger partial charge in [-0.05, 0) is 48.5 Å². The summed E-state index contributed by atoms with van der Waals surface area (Å²) in [4.78, 5) is 42.6. The lowest BCUT2D eigenvalue weighted by Crippen LogP contribution is -2.32. The highest BCUT2D eigenvalue weighted by Gasteiger charge is 2.39. The van der Waals surface area contributed by atoms with Crippen LogP contribution in [0, 0.1) is 0 Å². The molecule has 1 aliphatic rings. The summed E-state index contributed by atoms with van der Waals surface area (Å²) in [5.74, 6) is -2.44. The number of halogens is 1. The highest BCUT2D eigenvalue weighted by molar-refractivity contribution is 7.99. The van der Waals surface area contributed by atoms with E-state index in [2.05, 4.69) is 0 Å². The second-order valence-electron chi connectivity index (χ2n) is 5.50. The number of amides is 2. The summed E-state index contributed by atoms with van der Waals surface area (Å²) < 4.78 is 5.44. The van der Waals surface area contributed by atoms with E-state index in [1.54, 1.807) is 30.3 Å². The highest BCUT2D eigenvalue weighted by atomic mass is 35.5. The Morgan fingerprint density at radius 1 is 0.926 bits per heavy atom. The van der Waals surface area contributed by atoms with Crippen LogP contribution in [-0.2, 0) is 4.84 Å². The largest absolute Gasteiger partial charge is 0.442 e. The number of rotatable bonds is 4. The Kier molecular flexibility index (Phi) is 4.47. The van der Waals surface area contributed by atoms with E-state index in [9.17, 15) is 14.4 Å². The number of imide groups is 1. The quantitative estimate of drug-likeness (QED) is 0.603. The first-order chi connectivity index (χ1) is 13.0.